The SMILES string of the molecule is CC(C)(C)OC(=O)c1ccc([S+](c2ccccc2)c2ccc(OC3CCOC3=O)cc2)cc1. The van der Waals surface area contributed by atoms with E-state index in [1.54, 1.807) is 0 Å². The second kappa shape index (κ2) is 9.71. The Bertz CT molecular complexity index is 1100. The number of carbonyl (C=O) groups excluding carboxylic acids is 2. The summed E-state index contributed by atoms with van der Waals surface area (Å²) < 4.78 is 16.3. The Labute approximate surface area is 197 Å². The van der Waals surface area contributed by atoms with Gasteiger partial charge in [-0.05, 0) is 81.4 Å². The van der Waals surface area contributed by atoms with Gasteiger partial charge in [-0.3, -0.25) is 0 Å². The Morgan fingerprint density at radius 3 is 2.00 bits per heavy atom. The molecule has 2 atom stereocenters. The quantitative estimate of drug-likeness (QED) is 0.360. The maximum absolute atomic E-state index is 12.4. The van der Waals surface area contributed by atoms with Gasteiger partial charge in [0.2, 0.25) is 0 Å². The summed E-state index contributed by atoms with van der Waals surface area (Å²) in [6.45, 7) is 5.97. The molecule has 1 aliphatic heterocycles. The fourth-order valence-electron chi connectivity index (χ4n) is 3.43. The van der Waals surface area contributed by atoms with Crippen LogP contribution >= 0.6 is 0 Å². The molecule has 1 heterocycles. The zero-order chi connectivity index (χ0) is 23.4. The number of carbonyl (C=O) groups is 2. The summed E-state index contributed by atoms with van der Waals surface area (Å²) in [6.07, 6.45) is 0.0301. The van der Waals surface area contributed by atoms with Gasteiger partial charge in [0.25, 0.3) is 0 Å². The zero-order valence-electron chi connectivity index (χ0n) is 18.9. The molecule has 5 nitrogen and oxygen atoms in total. The summed E-state index contributed by atoms with van der Waals surface area (Å²) in [6, 6.07) is 25.6. The third-order valence-electron chi connectivity index (χ3n) is 4.93. The molecular weight excluding hydrogens is 436 g/mol. The molecule has 170 valence electrons. The number of esters is 2. The number of cyclic esters (lactones) is 1. The Hall–Kier alpha value is -3.25. The van der Waals surface area contributed by atoms with Crippen molar-refractivity contribution in [2.45, 2.75) is 53.6 Å². The van der Waals surface area contributed by atoms with Crippen molar-refractivity contribution in [3.63, 3.8) is 0 Å². The van der Waals surface area contributed by atoms with E-state index in [0.29, 0.717) is 24.3 Å². The Kier molecular flexibility index (Phi) is 6.75. The van der Waals surface area contributed by atoms with Crippen molar-refractivity contribution in [2.24, 2.45) is 0 Å². The zero-order valence-corrected chi connectivity index (χ0v) is 19.8. The summed E-state index contributed by atoms with van der Waals surface area (Å²) in [4.78, 5) is 27.5. The number of ether oxygens (including phenoxy) is 3. The smallest absolute Gasteiger partial charge is 0.347 e. The van der Waals surface area contributed by atoms with Crippen LogP contribution in [0.2, 0.25) is 0 Å². The number of benzene rings is 3. The second-order valence-corrected chi connectivity index (χ2v) is 10.7. The Morgan fingerprint density at radius 2 is 1.45 bits per heavy atom. The van der Waals surface area contributed by atoms with Crippen molar-refractivity contribution in [3.05, 3.63) is 84.4 Å². The van der Waals surface area contributed by atoms with Gasteiger partial charge in [-0.15, -0.1) is 0 Å². The normalized spacial score (nSPS) is 16.7. The first kappa shape index (κ1) is 22.9. The standard InChI is InChI=1S/C27H27O5S/c1-27(2,3)32-25(28)19-9-13-22(14-10-19)33(21-7-5-4-6-8-21)23-15-11-20(12-16-23)31-24-17-18-30-26(24)29/h4-16,24H,17-18H2,1-3H3/q+1. The number of rotatable bonds is 6. The Morgan fingerprint density at radius 1 is 0.879 bits per heavy atom. The summed E-state index contributed by atoms with van der Waals surface area (Å²) in [5, 5.41) is 0. The van der Waals surface area contributed by atoms with E-state index in [9.17, 15) is 9.59 Å². The Balaban J connectivity index is 1.60. The average Bonchev–Trinajstić information content (AvgIpc) is 3.19. The molecule has 0 aliphatic carbocycles. The monoisotopic (exact) mass is 463 g/mol. The lowest BCUT2D eigenvalue weighted by atomic mass is 10.2. The van der Waals surface area contributed by atoms with Gasteiger partial charge in [0.15, 0.2) is 20.8 Å². The van der Waals surface area contributed by atoms with Crippen LogP contribution in [0.4, 0.5) is 0 Å². The largest absolute Gasteiger partial charge is 0.479 e. The fraction of sp³-hybridized carbons (Fsp3) is 0.259. The van der Waals surface area contributed by atoms with Crippen LogP contribution in [-0.4, -0.2) is 30.3 Å². The van der Waals surface area contributed by atoms with Gasteiger partial charge in [-0.2, -0.15) is 0 Å². The molecule has 1 aliphatic rings. The molecule has 0 spiro atoms. The number of hydrogen-bond acceptors (Lipinski definition) is 5. The highest BCUT2D eigenvalue weighted by Crippen LogP contribution is 2.33. The second-order valence-electron chi connectivity index (χ2n) is 8.68. The predicted octanol–water partition coefficient (Wildman–Crippen LogP) is 5.43. The van der Waals surface area contributed by atoms with Crippen LogP contribution in [0.25, 0.3) is 0 Å². The maximum atomic E-state index is 12.4. The number of hydrogen-bond donors (Lipinski definition) is 0. The first-order valence-corrected chi connectivity index (χ1v) is 12.1. The fourth-order valence-corrected chi connectivity index (χ4v) is 5.49. The van der Waals surface area contributed by atoms with Gasteiger partial charge < -0.3 is 14.2 Å². The van der Waals surface area contributed by atoms with E-state index < -0.39 is 11.7 Å². The summed E-state index contributed by atoms with van der Waals surface area (Å²) >= 11 is 0. The van der Waals surface area contributed by atoms with Gasteiger partial charge in [0.1, 0.15) is 11.4 Å². The van der Waals surface area contributed by atoms with Crippen LogP contribution < -0.4 is 4.74 Å². The lowest BCUT2D eigenvalue weighted by molar-refractivity contribution is -0.143. The van der Waals surface area contributed by atoms with Crippen LogP contribution in [0.3, 0.4) is 0 Å². The molecule has 6 heteroatoms. The molecule has 0 aromatic heterocycles. The van der Waals surface area contributed by atoms with E-state index in [0.717, 1.165) is 14.7 Å². The minimum absolute atomic E-state index is 0.312. The lowest BCUT2D eigenvalue weighted by Gasteiger charge is -2.19. The van der Waals surface area contributed by atoms with Crippen LogP contribution in [0, 0.1) is 0 Å². The molecule has 33 heavy (non-hydrogen) atoms. The molecule has 0 bridgehead atoms. The van der Waals surface area contributed by atoms with E-state index in [-0.39, 0.29) is 22.8 Å². The molecule has 4 rings (SSSR count). The van der Waals surface area contributed by atoms with Crippen LogP contribution in [0.15, 0.2) is 93.5 Å². The molecule has 3 aromatic carbocycles. The predicted molar refractivity (Wildman–Crippen MR) is 127 cm³/mol. The third kappa shape index (κ3) is 5.76. The first-order valence-electron chi connectivity index (χ1n) is 10.9. The van der Waals surface area contributed by atoms with Crippen molar-refractivity contribution in [3.8, 4) is 5.75 Å². The van der Waals surface area contributed by atoms with Gasteiger partial charge in [0, 0.05) is 6.42 Å². The molecule has 0 radical (unpaired) electrons. The van der Waals surface area contributed by atoms with Gasteiger partial charge in [-0.25, -0.2) is 9.59 Å². The minimum Gasteiger partial charge on any atom is -0.479 e. The summed E-state index contributed by atoms with van der Waals surface area (Å²) in [5.41, 5.74) is -0.0131. The highest BCUT2D eigenvalue weighted by atomic mass is 32.2. The van der Waals surface area contributed by atoms with Crippen molar-refractivity contribution >= 4 is 22.8 Å². The molecule has 1 fully saturated rings. The molecular formula is C27H27O5S+. The molecule has 3 aromatic rings. The van der Waals surface area contributed by atoms with Gasteiger partial charge in [-0.1, -0.05) is 18.2 Å². The molecule has 0 N–H and O–H groups in total. The molecule has 1 saturated heterocycles. The maximum Gasteiger partial charge on any atom is 0.347 e. The van der Waals surface area contributed by atoms with Crippen LogP contribution in [-0.2, 0) is 25.2 Å². The molecule has 0 saturated carbocycles. The first-order chi connectivity index (χ1) is 15.8. The lowest BCUT2D eigenvalue weighted by Crippen LogP contribution is -2.23. The summed E-state index contributed by atoms with van der Waals surface area (Å²) in [5.74, 6) is -0.00624. The van der Waals surface area contributed by atoms with Crippen LogP contribution in [0.5, 0.6) is 5.75 Å². The van der Waals surface area contributed by atoms with E-state index in [2.05, 4.69) is 12.1 Å². The van der Waals surface area contributed by atoms with Gasteiger partial charge in [0.05, 0.1) is 23.1 Å². The molecule has 0 amide bonds. The third-order valence-corrected chi connectivity index (χ3v) is 7.16. The highest BCUT2D eigenvalue weighted by molar-refractivity contribution is 7.97. The molecule has 2 unspecified atom stereocenters. The minimum atomic E-state index is -0.539. The van der Waals surface area contributed by atoms with E-state index in [1.165, 1.54) is 0 Å². The average molecular weight is 464 g/mol. The van der Waals surface area contributed by atoms with Crippen molar-refractivity contribution in [2.75, 3.05) is 6.61 Å². The van der Waals surface area contributed by atoms with E-state index >= 15 is 0 Å². The van der Waals surface area contributed by atoms with Crippen molar-refractivity contribution in [1.82, 2.24) is 0 Å². The van der Waals surface area contributed by atoms with Crippen LogP contribution in [0.1, 0.15) is 37.6 Å². The van der Waals surface area contributed by atoms with Crippen molar-refractivity contribution < 1.29 is 23.8 Å². The highest BCUT2D eigenvalue weighted by Gasteiger charge is 2.31. The topological polar surface area (TPSA) is 61.8 Å². The van der Waals surface area contributed by atoms with Crippen molar-refractivity contribution in [1.29, 1.82) is 0 Å². The van der Waals surface area contributed by atoms with E-state index in [1.807, 2.05) is 87.5 Å². The summed E-state index contributed by atoms with van der Waals surface area (Å²) in [7, 11) is -0.374. The van der Waals surface area contributed by atoms with Gasteiger partial charge >= 0.3 is 11.9 Å². The van der Waals surface area contributed by atoms with E-state index in [4.69, 9.17) is 14.2 Å².